The Bertz CT molecular complexity index is 441. The first-order valence-corrected chi connectivity index (χ1v) is 6.60. The van der Waals surface area contributed by atoms with E-state index in [0.717, 1.165) is 23.7 Å². The normalized spacial score (nSPS) is 22.7. The Morgan fingerprint density at radius 3 is 2.58 bits per heavy atom. The molecule has 3 rings (SSSR count). The van der Waals surface area contributed by atoms with E-state index in [1.54, 1.807) is 0 Å². The second-order valence-corrected chi connectivity index (χ2v) is 5.03. The van der Waals surface area contributed by atoms with Crippen LogP contribution in [0, 0.1) is 0 Å². The zero-order valence-corrected chi connectivity index (χ0v) is 11.7. The maximum atomic E-state index is 5.68. The van der Waals surface area contributed by atoms with Crippen LogP contribution in [0.5, 0.6) is 0 Å². The van der Waals surface area contributed by atoms with Crippen molar-refractivity contribution in [2.75, 3.05) is 32.0 Å². The van der Waals surface area contributed by atoms with E-state index in [1.165, 1.54) is 25.9 Å². The van der Waals surface area contributed by atoms with Crippen molar-refractivity contribution in [2.45, 2.75) is 18.9 Å². The molecule has 0 amide bonds. The third-order valence-electron chi connectivity index (χ3n) is 3.54. The highest BCUT2D eigenvalue weighted by molar-refractivity contribution is 5.95. The zero-order valence-electron chi connectivity index (χ0n) is 10.9. The molecule has 2 aliphatic rings. The monoisotopic (exact) mass is 281 g/mol. The van der Waals surface area contributed by atoms with Crippen LogP contribution >= 0.6 is 12.4 Å². The second kappa shape index (κ2) is 6.26. The van der Waals surface area contributed by atoms with E-state index in [9.17, 15) is 0 Å². The molecule has 1 fully saturated rings. The molecule has 0 aliphatic carbocycles. The average Bonchev–Trinajstić information content (AvgIpc) is 3.02. The van der Waals surface area contributed by atoms with Crippen LogP contribution in [0.3, 0.4) is 0 Å². The quantitative estimate of drug-likeness (QED) is 0.862. The van der Waals surface area contributed by atoms with Gasteiger partial charge in [0.15, 0.2) is 0 Å². The van der Waals surface area contributed by atoms with E-state index >= 15 is 0 Å². The molecule has 0 bridgehead atoms. The summed E-state index contributed by atoms with van der Waals surface area (Å²) in [6.45, 7) is 4.15. The summed E-state index contributed by atoms with van der Waals surface area (Å²) in [6, 6.07) is 7.98. The minimum Gasteiger partial charge on any atom is -0.475 e. The number of nitrogens with two attached hydrogens (primary N) is 1. The summed E-state index contributed by atoms with van der Waals surface area (Å²) in [5, 5.41) is 0. The fourth-order valence-electron chi connectivity index (χ4n) is 2.56. The van der Waals surface area contributed by atoms with Crippen molar-refractivity contribution in [3.8, 4) is 0 Å². The molecule has 0 aromatic heterocycles. The molecule has 2 N–H and O–H groups in total. The van der Waals surface area contributed by atoms with E-state index in [1.807, 2.05) is 24.3 Å². The molecule has 0 saturated carbocycles. The third kappa shape index (κ3) is 3.39. The van der Waals surface area contributed by atoms with Gasteiger partial charge in [-0.25, -0.2) is 4.99 Å². The molecule has 104 valence electrons. The van der Waals surface area contributed by atoms with Gasteiger partial charge in [-0.15, -0.1) is 12.4 Å². The molecule has 1 aromatic rings. The maximum Gasteiger partial charge on any atom is 0.216 e. The van der Waals surface area contributed by atoms with E-state index in [-0.39, 0.29) is 18.4 Å². The molecule has 5 heteroatoms. The number of benzene rings is 1. The number of ether oxygens (including phenoxy) is 1. The van der Waals surface area contributed by atoms with Gasteiger partial charge in [-0.05, 0) is 50.2 Å². The van der Waals surface area contributed by atoms with Gasteiger partial charge >= 0.3 is 0 Å². The highest BCUT2D eigenvalue weighted by Crippen LogP contribution is 2.16. The van der Waals surface area contributed by atoms with Crippen molar-refractivity contribution in [3.63, 3.8) is 0 Å². The molecule has 2 heterocycles. The Hall–Kier alpha value is -1.26. The lowest BCUT2D eigenvalue weighted by Gasteiger charge is -2.16. The number of nitrogens with zero attached hydrogens (tertiary/aromatic N) is 2. The SMILES string of the molecule is Cl.Nc1ccc(C2=N[C@@H](CN3CCCC3)CO2)cc1. The van der Waals surface area contributed by atoms with Crippen LogP contribution in [0.2, 0.25) is 0 Å². The molecular weight excluding hydrogens is 262 g/mol. The van der Waals surface area contributed by atoms with Gasteiger partial charge in [-0.3, -0.25) is 0 Å². The van der Waals surface area contributed by atoms with E-state index in [0.29, 0.717) is 6.61 Å². The molecule has 2 aliphatic heterocycles. The second-order valence-electron chi connectivity index (χ2n) is 5.03. The Morgan fingerprint density at radius 1 is 1.21 bits per heavy atom. The molecule has 19 heavy (non-hydrogen) atoms. The number of halogens is 1. The van der Waals surface area contributed by atoms with E-state index in [2.05, 4.69) is 9.89 Å². The molecule has 4 nitrogen and oxygen atoms in total. The molecule has 0 radical (unpaired) electrons. The number of likely N-dealkylation sites (tertiary alicyclic amines) is 1. The highest BCUT2D eigenvalue weighted by Gasteiger charge is 2.23. The van der Waals surface area contributed by atoms with Crippen LogP contribution in [0.4, 0.5) is 5.69 Å². The lowest BCUT2D eigenvalue weighted by atomic mass is 10.2. The van der Waals surface area contributed by atoms with Crippen molar-refractivity contribution in [1.82, 2.24) is 4.90 Å². The Kier molecular flexibility index (Phi) is 4.66. The van der Waals surface area contributed by atoms with E-state index < -0.39 is 0 Å². The van der Waals surface area contributed by atoms with Crippen molar-refractivity contribution >= 4 is 24.0 Å². The zero-order chi connectivity index (χ0) is 12.4. The van der Waals surface area contributed by atoms with Gasteiger partial charge in [-0.2, -0.15) is 0 Å². The fourth-order valence-corrected chi connectivity index (χ4v) is 2.56. The predicted octanol–water partition coefficient (Wildman–Crippen LogP) is 1.93. The number of anilines is 1. The fraction of sp³-hybridized carbons (Fsp3) is 0.500. The average molecular weight is 282 g/mol. The van der Waals surface area contributed by atoms with Crippen LogP contribution < -0.4 is 5.73 Å². The summed E-state index contributed by atoms with van der Waals surface area (Å²) in [5.74, 6) is 0.763. The molecule has 0 unspecified atom stereocenters. The summed E-state index contributed by atoms with van der Waals surface area (Å²) in [6.07, 6.45) is 2.64. The van der Waals surface area contributed by atoms with Gasteiger partial charge in [0, 0.05) is 17.8 Å². The lowest BCUT2D eigenvalue weighted by molar-refractivity contribution is 0.261. The maximum absolute atomic E-state index is 5.68. The van der Waals surface area contributed by atoms with Crippen molar-refractivity contribution in [3.05, 3.63) is 29.8 Å². The van der Waals surface area contributed by atoms with Crippen LogP contribution in [-0.2, 0) is 4.74 Å². The summed E-state index contributed by atoms with van der Waals surface area (Å²) in [7, 11) is 0. The first kappa shape index (κ1) is 14.2. The molecule has 1 saturated heterocycles. The Balaban J connectivity index is 0.00000133. The lowest BCUT2D eigenvalue weighted by Crippen LogP contribution is -2.29. The van der Waals surface area contributed by atoms with Gasteiger partial charge < -0.3 is 15.4 Å². The number of hydrogen-bond acceptors (Lipinski definition) is 4. The number of hydrogen-bond donors (Lipinski definition) is 1. The van der Waals surface area contributed by atoms with Crippen LogP contribution in [-0.4, -0.2) is 43.1 Å². The first-order valence-electron chi connectivity index (χ1n) is 6.60. The van der Waals surface area contributed by atoms with Crippen molar-refractivity contribution in [2.24, 2.45) is 4.99 Å². The first-order chi connectivity index (χ1) is 8.81. The standard InChI is InChI=1S/C14H19N3O.ClH/c15-12-5-3-11(4-6-12)14-16-13(10-18-14)9-17-7-1-2-8-17;/h3-6,13H,1-2,7-10,15H2;1H/t13-;/m0./s1. The van der Waals surface area contributed by atoms with Gasteiger partial charge in [0.25, 0.3) is 0 Å². The predicted molar refractivity (Wildman–Crippen MR) is 80.1 cm³/mol. The number of aliphatic imine (C=N–C) groups is 1. The van der Waals surface area contributed by atoms with Gasteiger partial charge in [0.05, 0.1) is 0 Å². The number of rotatable bonds is 3. The van der Waals surface area contributed by atoms with Gasteiger partial charge in [0.2, 0.25) is 5.90 Å². The van der Waals surface area contributed by atoms with Crippen LogP contribution in [0.25, 0.3) is 0 Å². The smallest absolute Gasteiger partial charge is 0.216 e. The minimum absolute atomic E-state index is 0. The Labute approximate surface area is 120 Å². The number of nitrogen functional groups attached to an aromatic ring is 1. The topological polar surface area (TPSA) is 50.8 Å². The van der Waals surface area contributed by atoms with Crippen LogP contribution in [0.15, 0.2) is 29.3 Å². The largest absolute Gasteiger partial charge is 0.475 e. The van der Waals surface area contributed by atoms with E-state index in [4.69, 9.17) is 10.5 Å². The van der Waals surface area contributed by atoms with Gasteiger partial charge in [-0.1, -0.05) is 0 Å². The summed E-state index contributed by atoms with van der Waals surface area (Å²) >= 11 is 0. The summed E-state index contributed by atoms with van der Waals surface area (Å²) < 4.78 is 5.68. The van der Waals surface area contributed by atoms with Crippen LogP contribution in [0.1, 0.15) is 18.4 Å². The van der Waals surface area contributed by atoms with Crippen molar-refractivity contribution in [1.29, 1.82) is 0 Å². The molecular formula is C14H20ClN3O. The highest BCUT2D eigenvalue weighted by atomic mass is 35.5. The van der Waals surface area contributed by atoms with Crippen molar-refractivity contribution < 1.29 is 4.74 Å². The molecule has 0 spiro atoms. The summed E-state index contributed by atoms with van der Waals surface area (Å²) in [4.78, 5) is 7.14. The Morgan fingerprint density at radius 2 is 1.89 bits per heavy atom. The third-order valence-corrected chi connectivity index (χ3v) is 3.54. The minimum atomic E-state index is 0. The molecule has 1 atom stereocenters. The summed E-state index contributed by atoms with van der Waals surface area (Å²) in [5.41, 5.74) is 7.46. The van der Waals surface area contributed by atoms with Gasteiger partial charge in [0.1, 0.15) is 12.6 Å². The molecule has 1 aromatic carbocycles.